The first-order valence-electron chi connectivity index (χ1n) is 15.8. The van der Waals surface area contributed by atoms with Crippen LogP contribution in [0.25, 0.3) is 0 Å². The van der Waals surface area contributed by atoms with Crippen LogP contribution in [0.4, 0.5) is 5.69 Å². The Balaban J connectivity index is 1.41. The molecule has 0 radical (unpaired) electrons. The first-order chi connectivity index (χ1) is 21.1. The number of amides is 1. The molecule has 2 bridgehead atoms. The molecule has 238 valence electrons. The number of allylic oxidation sites excluding steroid dienone is 1. The predicted molar refractivity (Wildman–Crippen MR) is 172 cm³/mol. The number of nitrogens with zero attached hydrogens (tertiary/aromatic N) is 1. The summed E-state index contributed by atoms with van der Waals surface area (Å²) >= 11 is 6.40. The molecule has 1 amide bonds. The van der Waals surface area contributed by atoms with E-state index >= 15 is 0 Å². The number of aliphatic hydroxyl groups excluding tert-OH is 1. The zero-order chi connectivity index (χ0) is 31.1. The van der Waals surface area contributed by atoms with E-state index in [1.165, 1.54) is 18.2 Å². The summed E-state index contributed by atoms with van der Waals surface area (Å²) in [4.78, 5) is 15.8. The van der Waals surface area contributed by atoms with Crippen molar-refractivity contribution in [2.45, 2.75) is 68.6 Å². The smallest absolute Gasteiger partial charge is 0.264 e. The number of hydrogen-bond donors (Lipinski definition) is 2. The summed E-state index contributed by atoms with van der Waals surface area (Å²) < 4.78 is 41.1. The maximum absolute atomic E-state index is 13.5. The second-order valence-corrected chi connectivity index (χ2v) is 15.7. The molecule has 2 aromatic rings. The van der Waals surface area contributed by atoms with E-state index in [1.807, 2.05) is 25.1 Å². The highest BCUT2D eigenvalue weighted by Gasteiger charge is 2.44. The number of carbonyl (C=O) groups is 1. The standard InChI is InChI=1S/C34H43ClN2O6S/c1-22-5-11-31(38)28-9-6-25(28)19-37-20-34(14-3-4-23-17-26(35)8-10-29(23)34)21-43-32-12-7-24(18-30(32)37)33(39)36-44(40,41)27(16-22)13-15-42-2/h5,7-8,10-12,17-18,22,25,27-28,31,38H,3-4,6,9,13-16,19-21H2,1-2H3,(H,36,39)/b11-5+/t22-,25?,27+,28?,31?,34+/m1/s1. The number of rotatable bonds is 3. The fraction of sp³-hybridized carbons (Fsp3) is 0.559. The van der Waals surface area contributed by atoms with E-state index in [2.05, 4.69) is 21.8 Å². The van der Waals surface area contributed by atoms with Crippen molar-refractivity contribution in [2.24, 2.45) is 17.8 Å². The molecule has 4 aliphatic rings. The Morgan fingerprint density at radius 1 is 1.18 bits per heavy atom. The number of hydrogen-bond acceptors (Lipinski definition) is 7. The molecule has 1 saturated carbocycles. The van der Waals surface area contributed by atoms with Crippen molar-refractivity contribution >= 4 is 33.2 Å². The minimum Gasteiger partial charge on any atom is -0.490 e. The molecule has 2 aromatic carbocycles. The van der Waals surface area contributed by atoms with Crippen LogP contribution >= 0.6 is 11.6 Å². The third kappa shape index (κ3) is 6.26. The maximum atomic E-state index is 13.5. The average Bonchev–Trinajstić information content (AvgIpc) is 3.12. The molecule has 6 atom stereocenters. The summed E-state index contributed by atoms with van der Waals surface area (Å²) in [5.74, 6) is 0.275. The topological polar surface area (TPSA) is 105 Å². The van der Waals surface area contributed by atoms with Gasteiger partial charge in [-0.3, -0.25) is 4.79 Å². The third-order valence-electron chi connectivity index (χ3n) is 10.3. The van der Waals surface area contributed by atoms with Crippen LogP contribution in [-0.4, -0.2) is 64.2 Å². The van der Waals surface area contributed by atoms with Gasteiger partial charge in [0, 0.05) is 42.8 Å². The summed E-state index contributed by atoms with van der Waals surface area (Å²) in [6, 6.07) is 11.4. The lowest BCUT2D eigenvalue weighted by molar-refractivity contribution is 0.0454. The fourth-order valence-electron chi connectivity index (χ4n) is 7.67. The number of carbonyl (C=O) groups excluding carboxylic acids is 1. The molecule has 0 saturated heterocycles. The van der Waals surface area contributed by atoms with Gasteiger partial charge in [0.1, 0.15) is 5.75 Å². The summed E-state index contributed by atoms with van der Waals surface area (Å²) in [5, 5.41) is 11.2. The Hall–Kier alpha value is -2.59. The number of halogens is 1. The second-order valence-electron chi connectivity index (χ2n) is 13.3. The van der Waals surface area contributed by atoms with Gasteiger partial charge in [-0.15, -0.1) is 0 Å². The molecule has 3 unspecified atom stereocenters. The SMILES string of the molecule is COCC[C@H]1C[C@H](C)/C=C/C(O)C2CCC2CN2C[C@@]3(CCCc4cc(Cl)ccc43)COc3ccc(cc32)C(=O)NS1(=O)=O. The van der Waals surface area contributed by atoms with Crippen LogP contribution in [0.2, 0.25) is 5.02 Å². The molecule has 44 heavy (non-hydrogen) atoms. The van der Waals surface area contributed by atoms with Crippen LogP contribution < -0.4 is 14.4 Å². The fourth-order valence-corrected chi connectivity index (χ4v) is 9.37. The van der Waals surface area contributed by atoms with E-state index in [-0.39, 0.29) is 41.8 Å². The van der Waals surface area contributed by atoms with E-state index < -0.39 is 27.3 Å². The van der Waals surface area contributed by atoms with Gasteiger partial charge in [0.25, 0.3) is 5.91 Å². The van der Waals surface area contributed by atoms with Gasteiger partial charge in [0.05, 0.1) is 23.6 Å². The quantitative estimate of drug-likeness (QED) is 0.440. The molecule has 2 N–H and O–H groups in total. The Morgan fingerprint density at radius 3 is 2.80 bits per heavy atom. The number of sulfonamides is 1. The Kier molecular flexibility index (Phi) is 9.03. The first kappa shape index (κ1) is 31.4. The van der Waals surface area contributed by atoms with Gasteiger partial charge in [-0.1, -0.05) is 36.7 Å². The molecule has 8 nitrogen and oxygen atoms in total. The number of fused-ring (bicyclic) bond motifs is 4. The van der Waals surface area contributed by atoms with Crippen LogP contribution in [0.1, 0.15) is 66.9 Å². The third-order valence-corrected chi connectivity index (χ3v) is 12.3. The number of nitrogens with one attached hydrogen (secondary N) is 1. The summed E-state index contributed by atoms with van der Waals surface area (Å²) in [7, 11) is -2.48. The van der Waals surface area contributed by atoms with E-state index in [9.17, 15) is 18.3 Å². The van der Waals surface area contributed by atoms with Crippen molar-refractivity contribution in [3.05, 3.63) is 70.3 Å². The molecule has 2 aliphatic heterocycles. The largest absolute Gasteiger partial charge is 0.490 e. The highest BCUT2D eigenvalue weighted by Crippen LogP contribution is 2.46. The number of benzene rings is 2. The van der Waals surface area contributed by atoms with Crippen LogP contribution in [0, 0.1) is 17.8 Å². The molecule has 2 aliphatic carbocycles. The van der Waals surface area contributed by atoms with Crippen molar-refractivity contribution in [3.63, 3.8) is 0 Å². The van der Waals surface area contributed by atoms with E-state index in [0.717, 1.165) is 42.8 Å². The number of aliphatic hydroxyl groups is 1. The predicted octanol–water partition coefficient (Wildman–Crippen LogP) is 5.26. The van der Waals surface area contributed by atoms with Crippen LogP contribution in [0.3, 0.4) is 0 Å². The van der Waals surface area contributed by atoms with Crippen LogP contribution in [-0.2, 0) is 26.6 Å². The average molecular weight is 643 g/mol. The monoisotopic (exact) mass is 642 g/mol. The molecular formula is C34H43ClN2O6S. The normalized spacial score (nSPS) is 32.3. The van der Waals surface area contributed by atoms with Crippen LogP contribution in [0.5, 0.6) is 5.75 Å². The molecule has 1 spiro atoms. The van der Waals surface area contributed by atoms with Crippen molar-refractivity contribution in [2.75, 3.05) is 38.3 Å². The molecule has 1 fully saturated rings. The molecule has 0 aromatic heterocycles. The lowest BCUT2D eigenvalue weighted by Gasteiger charge is -2.45. The van der Waals surface area contributed by atoms with Crippen molar-refractivity contribution in [3.8, 4) is 5.75 Å². The summed E-state index contributed by atoms with van der Waals surface area (Å²) in [6.07, 6.45) is 8.59. The van der Waals surface area contributed by atoms with Gasteiger partial charge in [-0.2, -0.15) is 0 Å². The molecular weight excluding hydrogens is 600 g/mol. The zero-order valence-electron chi connectivity index (χ0n) is 25.5. The number of anilines is 1. The summed E-state index contributed by atoms with van der Waals surface area (Å²) in [6.45, 7) is 4.07. The van der Waals surface area contributed by atoms with E-state index in [4.69, 9.17) is 21.1 Å². The van der Waals surface area contributed by atoms with Crippen molar-refractivity contribution in [1.82, 2.24) is 4.72 Å². The first-order valence-corrected chi connectivity index (χ1v) is 17.7. The maximum Gasteiger partial charge on any atom is 0.264 e. The van der Waals surface area contributed by atoms with Gasteiger partial charge in [-0.25, -0.2) is 13.1 Å². The minimum atomic E-state index is -4.01. The lowest BCUT2D eigenvalue weighted by atomic mass is 9.68. The summed E-state index contributed by atoms with van der Waals surface area (Å²) in [5.41, 5.74) is 3.27. The number of methoxy groups -OCH3 is 1. The van der Waals surface area contributed by atoms with Gasteiger partial charge in [-0.05, 0) is 104 Å². The second kappa shape index (κ2) is 12.7. The Morgan fingerprint density at radius 2 is 2.02 bits per heavy atom. The van der Waals surface area contributed by atoms with Gasteiger partial charge in [0.2, 0.25) is 10.0 Å². The highest BCUT2D eigenvalue weighted by molar-refractivity contribution is 7.90. The van der Waals surface area contributed by atoms with E-state index in [1.54, 1.807) is 18.2 Å². The van der Waals surface area contributed by atoms with Crippen LogP contribution in [0.15, 0.2) is 48.6 Å². The number of ether oxygens (including phenoxy) is 2. The molecule has 2 heterocycles. The van der Waals surface area contributed by atoms with Crippen molar-refractivity contribution in [1.29, 1.82) is 0 Å². The lowest BCUT2D eigenvalue weighted by Crippen LogP contribution is -2.49. The van der Waals surface area contributed by atoms with E-state index in [0.29, 0.717) is 31.9 Å². The van der Waals surface area contributed by atoms with Gasteiger partial charge >= 0.3 is 0 Å². The molecule has 6 rings (SSSR count). The zero-order valence-corrected chi connectivity index (χ0v) is 27.1. The van der Waals surface area contributed by atoms with Crippen molar-refractivity contribution < 1.29 is 27.8 Å². The van der Waals surface area contributed by atoms with Gasteiger partial charge < -0.3 is 19.5 Å². The minimum absolute atomic E-state index is 0.104. The molecule has 10 heteroatoms. The Labute approximate surface area is 265 Å². The number of aryl methyl sites for hydroxylation is 1. The van der Waals surface area contributed by atoms with Gasteiger partial charge in [0.15, 0.2) is 0 Å². The Bertz CT molecular complexity index is 1530. The highest BCUT2D eigenvalue weighted by atomic mass is 35.5.